The third-order valence-corrected chi connectivity index (χ3v) is 5.08. The molecule has 0 radical (unpaired) electrons. The Morgan fingerprint density at radius 2 is 1.97 bits per heavy atom. The summed E-state index contributed by atoms with van der Waals surface area (Å²) in [4.78, 5) is 31.3. The third-order valence-electron chi connectivity index (χ3n) is 4.86. The lowest BCUT2D eigenvalue weighted by Crippen LogP contribution is -2.44. The van der Waals surface area contributed by atoms with Crippen molar-refractivity contribution in [3.8, 4) is 0 Å². The number of benzene rings is 1. The van der Waals surface area contributed by atoms with E-state index in [1.54, 1.807) is 36.4 Å². The van der Waals surface area contributed by atoms with Crippen molar-refractivity contribution in [2.45, 2.75) is 32.2 Å². The molecule has 7 nitrogen and oxygen atoms in total. The van der Waals surface area contributed by atoms with Gasteiger partial charge in [0.2, 0.25) is 0 Å². The second-order valence-corrected chi connectivity index (χ2v) is 7.54. The van der Waals surface area contributed by atoms with Gasteiger partial charge in [-0.05, 0) is 62.7 Å². The molecule has 2 aromatic rings. The maximum atomic E-state index is 12.4. The Morgan fingerprint density at radius 1 is 1.17 bits per heavy atom. The molecule has 0 spiro atoms. The second-order valence-electron chi connectivity index (χ2n) is 7.11. The molecule has 2 heterocycles. The van der Waals surface area contributed by atoms with Crippen LogP contribution < -0.4 is 16.0 Å². The van der Waals surface area contributed by atoms with E-state index in [4.69, 9.17) is 11.6 Å². The number of hydrogen-bond donors (Lipinski definition) is 3. The molecule has 1 aromatic carbocycles. The van der Waals surface area contributed by atoms with Gasteiger partial charge >= 0.3 is 6.03 Å². The molecule has 0 bridgehead atoms. The van der Waals surface area contributed by atoms with E-state index in [9.17, 15) is 9.59 Å². The van der Waals surface area contributed by atoms with Crippen molar-refractivity contribution < 1.29 is 9.59 Å². The normalized spacial score (nSPS) is 15.0. The predicted octanol–water partition coefficient (Wildman–Crippen LogP) is 3.98. The first-order chi connectivity index (χ1) is 14.0. The Labute approximate surface area is 175 Å². The topological polar surface area (TPSA) is 86.4 Å². The van der Waals surface area contributed by atoms with E-state index < -0.39 is 0 Å². The Bertz CT molecular complexity index is 837. The zero-order valence-electron chi connectivity index (χ0n) is 16.5. The Hall–Kier alpha value is -2.64. The number of pyridine rings is 1. The highest BCUT2D eigenvalue weighted by atomic mass is 35.5. The number of nitrogens with zero attached hydrogens (tertiary/aromatic N) is 2. The molecule has 1 fully saturated rings. The number of carbonyl (C=O) groups excluding carboxylic acids is 2. The molecule has 0 saturated carbocycles. The SMILES string of the molecule is CCC(CN1CCCC1)NC(=O)Nc1cccc(C(=O)Nc2ccc(Cl)cn2)c1. The van der Waals surface area contributed by atoms with Gasteiger partial charge in [-0.25, -0.2) is 9.78 Å². The van der Waals surface area contributed by atoms with Gasteiger partial charge in [0, 0.05) is 30.0 Å². The summed E-state index contributed by atoms with van der Waals surface area (Å²) >= 11 is 5.80. The van der Waals surface area contributed by atoms with Crippen molar-refractivity contribution in [1.82, 2.24) is 15.2 Å². The molecule has 0 aliphatic carbocycles. The van der Waals surface area contributed by atoms with Gasteiger partial charge in [0.1, 0.15) is 5.82 Å². The van der Waals surface area contributed by atoms with Gasteiger partial charge in [0.05, 0.1) is 5.02 Å². The number of carbonyl (C=O) groups is 2. The number of rotatable bonds is 7. The highest BCUT2D eigenvalue weighted by Gasteiger charge is 2.18. The number of anilines is 2. The lowest BCUT2D eigenvalue weighted by molar-refractivity contribution is 0.102. The smallest absolute Gasteiger partial charge is 0.319 e. The van der Waals surface area contributed by atoms with Crippen molar-refractivity contribution >= 4 is 35.0 Å². The van der Waals surface area contributed by atoms with Crippen molar-refractivity contribution in [1.29, 1.82) is 0 Å². The summed E-state index contributed by atoms with van der Waals surface area (Å²) in [6.45, 7) is 5.12. The number of nitrogens with one attached hydrogen (secondary N) is 3. The molecule has 1 aliphatic heterocycles. The van der Waals surface area contributed by atoms with Crippen LogP contribution in [0.4, 0.5) is 16.3 Å². The van der Waals surface area contributed by atoms with E-state index in [2.05, 4.69) is 32.8 Å². The van der Waals surface area contributed by atoms with Crippen LogP contribution in [-0.4, -0.2) is 47.5 Å². The molecule has 1 saturated heterocycles. The molecule has 8 heteroatoms. The van der Waals surface area contributed by atoms with Crippen LogP contribution in [0, 0.1) is 0 Å². The Kier molecular flexibility index (Phi) is 7.43. The lowest BCUT2D eigenvalue weighted by atomic mass is 10.2. The van der Waals surface area contributed by atoms with Crippen molar-refractivity contribution in [3.05, 3.63) is 53.2 Å². The Balaban J connectivity index is 1.56. The second kappa shape index (κ2) is 10.2. The number of hydrogen-bond acceptors (Lipinski definition) is 4. The molecule has 29 heavy (non-hydrogen) atoms. The Morgan fingerprint density at radius 3 is 2.66 bits per heavy atom. The van der Waals surface area contributed by atoms with Gasteiger partial charge in [0.15, 0.2) is 0 Å². The number of amides is 3. The molecule has 3 amide bonds. The fraction of sp³-hybridized carbons (Fsp3) is 0.381. The minimum Gasteiger partial charge on any atom is -0.334 e. The van der Waals surface area contributed by atoms with Gasteiger partial charge in [-0.1, -0.05) is 24.6 Å². The highest BCUT2D eigenvalue weighted by molar-refractivity contribution is 6.30. The summed E-state index contributed by atoms with van der Waals surface area (Å²) in [6.07, 6.45) is 4.78. The number of aromatic nitrogens is 1. The molecule has 1 unspecified atom stereocenters. The fourth-order valence-corrected chi connectivity index (χ4v) is 3.39. The number of urea groups is 1. The van der Waals surface area contributed by atoms with Crippen LogP contribution in [0.3, 0.4) is 0 Å². The van der Waals surface area contributed by atoms with Crippen molar-refractivity contribution in [2.75, 3.05) is 30.3 Å². The van der Waals surface area contributed by atoms with Crippen molar-refractivity contribution in [3.63, 3.8) is 0 Å². The van der Waals surface area contributed by atoms with Crippen molar-refractivity contribution in [2.24, 2.45) is 0 Å². The van der Waals surface area contributed by atoms with Crippen LogP contribution in [0.5, 0.6) is 0 Å². The van der Waals surface area contributed by atoms with Crippen LogP contribution in [0.25, 0.3) is 0 Å². The first kappa shape index (κ1) is 21.1. The van der Waals surface area contributed by atoms with Gasteiger partial charge in [-0.3, -0.25) is 4.79 Å². The minimum absolute atomic E-state index is 0.0931. The van der Waals surface area contributed by atoms with E-state index in [1.807, 2.05) is 0 Å². The number of halogens is 1. The third kappa shape index (κ3) is 6.44. The summed E-state index contributed by atoms with van der Waals surface area (Å²) in [7, 11) is 0. The molecule has 1 aromatic heterocycles. The maximum absolute atomic E-state index is 12.4. The van der Waals surface area contributed by atoms with E-state index in [0.717, 1.165) is 26.1 Å². The van der Waals surface area contributed by atoms with E-state index in [1.165, 1.54) is 19.0 Å². The minimum atomic E-state index is -0.315. The maximum Gasteiger partial charge on any atom is 0.319 e. The van der Waals surface area contributed by atoms with Gasteiger partial charge in [-0.15, -0.1) is 0 Å². The van der Waals surface area contributed by atoms with Crippen LogP contribution in [-0.2, 0) is 0 Å². The predicted molar refractivity (Wildman–Crippen MR) is 116 cm³/mol. The molecule has 154 valence electrons. The van der Waals surface area contributed by atoms with E-state index in [-0.39, 0.29) is 18.0 Å². The molecule has 1 atom stereocenters. The standard InChI is InChI=1S/C21H26ClN5O2/c1-2-17(14-27-10-3-4-11-27)24-21(29)25-18-7-5-6-15(12-18)20(28)26-19-9-8-16(22)13-23-19/h5-9,12-13,17H,2-4,10-11,14H2,1H3,(H,23,26,28)(H2,24,25,29). The van der Waals surface area contributed by atoms with Crippen LogP contribution in [0.1, 0.15) is 36.5 Å². The molecular formula is C21H26ClN5O2. The van der Waals surface area contributed by atoms with E-state index in [0.29, 0.717) is 22.1 Å². The van der Waals surface area contributed by atoms with Gasteiger partial charge in [-0.2, -0.15) is 0 Å². The molecule has 3 N–H and O–H groups in total. The quantitative estimate of drug-likeness (QED) is 0.638. The summed E-state index contributed by atoms with van der Waals surface area (Å²) in [5.41, 5.74) is 0.971. The fourth-order valence-electron chi connectivity index (χ4n) is 3.28. The number of likely N-dealkylation sites (tertiary alicyclic amines) is 1. The average Bonchev–Trinajstić information content (AvgIpc) is 3.22. The largest absolute Gasteiger partial charge is 0.334 e. The first-order valence-corrected chi connectivity index (χ1v) is 10.2. The molecule has 3 rings (SSSR count). The van der Waals surface area contributed by atoms with Crippen LogP contribution >= 0.6 is 11.6 Å². The lowest BCUT2D eigenvalue weighted by Gasteiger charge is -2.23. The summed E-state index contributed by atoms with van der Waals surface area (Å²) < 4.78 is 0. The highest BCUT2D eigenvalue weighted by Crippen LogP contribution is 2.14. The summed E-state index contributed by atoms with van der Waals surface area (Å²) in [5, 5.41) is 9.04. The summed E-state index contributed by atoms with van der Waals surface area (Å²) in [6, 6.07) is 9.88. The van der Waals surface area contributed by atoms with Crippen LogP contribution in [0.2, 0.25) is 5.02 Å². The first-order valence-electron chi connectivity index (χ1n) is 9.86. The zero-order valence-corrected chi connectivity index (χ0v) is 17.2. The van der Waals surface area contributed by atoms with Gasteiger partial charge in [0.25, 0.3) is 5.91 Å². The van der Waals surface area contributed by atoms with Gasteiger partial charge < -0.3 is 20.9 Å². The van der Waals surface area contributed by atoms with E-state index >= 15 is 0 Å². The average molecular weight is 416 g/mol. The van der Waals surface area contributed by atoms with Crippen LogP contribution in [0.15, 0.2) is 42.6 Å². The zero-order chi connectivity index (χ0) is 20.6. The monoisotopic (exact) mass is 415 g/mol. The summed E-state index contributed by atoms with van der Waals surface area (Å²) in [5.74, 6) is 0.0903. The molecular weight excluding hydrogens is 390 g/mol. The molecule has 1 aliphatic rings.